The Balaban J connectivity index is 1.58. The zero-order chi connectivity index (χ0) is 16.2. The van der Waals surface area contributed by atoms with Crippen LogP contribution in [0, 0.1) is 5.82 Å². The van der Waals surface area contributed by atoms with Gasteiger partial charge in [0.05, 0.1) is 23.3 Å². The highest BCUT2D eigenvalue weighted by Crippen LogP contribution is 2.22. The van der Waals surface area contributed by atoms with E-state index in [1.165, 1.54) is 12.1 Å². The van der Waals surface area contributed by atoms with Gasteiger partial charge < -0.3 is 5.32 Å². The number of hydrogen-bond donors (Lipinski definition) is 1. The number of benzene rings is 2. The molecule has 0 unspecified atom stereocenters. The zero-order valence-electron chi connectivity index (χ0n) is 12.6. The fourth-order valence-electron chi connectivity index (χ4n) is 2.29. The molecule has 0 aliphatic heterocycles. The molecule has 0 spiro atoms. The molecule has 0 radical (unpaired) electrons. The van der Waals surface area contributed by atoms with Gasteiger partial charge in [0.25, 0.3) is 0 Å². The summed E-state index contributed by atoms with van der Waals surface area (Å²) in [6, 6.07) is 13.8. The van der Waals surface area contributed by atoms with Crippen LogP contribution in [-0.4, -0.2) is 29.4 Å². The van der Waals surface area contributed by atoms with E-state index >= 15 is 0 Å². The lowest BCUT2D eigenvalue weighted by Gasteiger charge is -2.14. The van der Waals surface area contributed by atoms with Crippen LogP contribution in [0.1, 0.15) is 5.01 Å². The Hall–Kier alpha value is -2.31. The smallest absolute Gasteiger partial charge is 0.238 e. The van der Waals surface area contributed by atoms with Crippen LogP contribution in [0.3, 0.4) is 0 Å². The number of nitrogens with one attached hydrogen (secondary N) is 1. The number of amides is 1. The Morgan fingerprint density at radius 2 is 2.09 bits per heavy atom. The summed E-state index contributed by atoms with van der Waals surface area (Å²) < 4.78 is 14.2. The molecule has 1 N–H and O–H groups in total. The number of rotatable bonds is 5. The lowest BCUT2D eigenvalue weighted by molar-refractivity contribution is -0.117. The molecule has 0 fully saturated rings. The topological polar surface area (TPSA) is 45.2 Å². The zero-order valence-corrected chi connectivity index (χ0v) is 13.4. The van der Waals surface area contributed by atoms with E-state index in [1.54, 1.807) is 23.5 Å². The fraction of sp³-hybridized carbons (Fsp3) is 0.176. The molecule has 1 amide bonds. The van der Waals surface area contributed by atoms with Gasteiger partial charge in [-0.2, -0.15) is 0 Å². The Bertz CT molecular complexity index is 800. The number of thiazole rings is 1. The minimum atomic E-state index is -0.370. The van der Waals surface area contributed by atoms with E-state index in [0.29, 0.717) is 12.2 Å². The number of aromatic nitrogens is 1. The number of halogens is 1. The van der Waals surface area contributed by atoms with Crippen molar-refractivity contribution < 1.29 is 9.18 Å². The molecule has 1 aromatic heterocycles. The van der Waals surface area contributed by atoms with Gasteiger partial charge in [0.2, 0.25) is 5.91 Å². The van der Waals surface area contributed by atoms with Crippen LogP contribution in [0.2, 0.25) is 0 Å². The van der Waals surface area contributed by atoms with E-state index in [-0.39, 0.29) is 18.3 Å². The maximum absolute atomic E-state index is 13.1. The molecule has 3 aromatic rings. The summed E-state index contributed by atoms with van der Waals surface area (Å²) in [7, 11) is 1.86. The predicted molar refractivity (Wildman–Crippen MR) is 91.0 cm³/mol. The molecule has 3 rings (SSSR count). The number of carbonyl (C=O) groups is 1. The van der Waals surface area contributed by atoms with E-state index in [0.717, 1.165) is 15.2 Å². The van der Waals surface area contributed by atoms with E-state index < -0.39 is 0 Å². The van der Waals surface area contributed by atoms with Crippen LogP contribution >= 0.6 is 11.3 Å². The normalized spacial score (nSPS) is 11.1. The summed E-state index contributed by atoms with van der Waals surface area (Å²) in [6.45, 7) is 0.808. The predicted octanol–water partition coefficient (Wildman–Crippen LogP) is 3.51. The quantitative estimate of drug-likeness (QED) is 0.779. The largest absolute Gasteiger partial charge is 0.325 e. The number of carbonyl (C=O) groups excluding carboxylic acids is 1. The first-order valence-electron chi connectivity index (χ1n) is 7.18. The fourth-order valence-corrected chi connectivity index (χ4v) is 3.33. The van der Waals surface area contributed by atoms with Gasteiger partial charge in [0.15, 0.2) is 0 Å². The molecule has 4 nitrogen and oxygen atoms in total. The van der Waals surface area contributed by atoms with Crippen molar-refractivity contribution in [2.45, 2.75) is 6.54 Å². The SMILES string of the molecule is CN(CC(=O)Nc1cccc(F)c1)Cc1nc2ccccc2s1. The number of fused-ring (bicyclic) bond motifs is 1. The number of likely N-dealkylation sites (N-methyl/N-ethyl adjacent to an activating group) is 1. The highest BCUT2D eigenvalue weighted by molar-refractivity contribution is 7.18. The molecular formula is C17H16FN3OS. The minimum Gasteiger partial charge on any atom is -0.325 e. The summed E-state index contributed by atoms with van der Waals surface area (Å²) in [5.74, 6) is -0.551. The Kier molecular flexibility index (Phi) is 4.64. The van der Waals surface area contributed by atoms with Gasteiger partial charge in [-0.1, -0.05) is 18.2 Å². The number of nitrogens with zero attached hydrogens (tertiary/aromatic N) is 2. The van der Waals surface area contributed by atoms with Crippen molar-refractivity contribution >= 4 is 33.1 Å². The average molecular weight is 329 g/mol. The van der Waals surface area contributed by atoms with Crippen LogP contribution in [0.4, 0.5) is 10.1 Å². The molecule has 118 valence electrons. The molecule has 0 aliphatic carbocycles. The summed E-state index contributed by atoms with van der Waals surface area (Å²) >= 11 is 1.62. The molecular weight excluding hydrogens is 313 g/mol. The van der Waals surface area contributed by atoms with E-state index in [1.807, 2.05) is 36.2 Å². The summed E-state index contributed by atoms with van der Waals surface area (Å²) in [5.41, 5.74) is 1.44. The van der Waals surface area contributed by atoms with Gasteiger partial charge in [-0.25, -0.2) is 9.37 Å². The van der Waals surface area contributed by atoms with Crippen molar-refractivity contribution in [3.63, 3.8) is 0 Å². The molecule has 2 aromatic carbocycles. The first-order valence-corrected chi connectivity index (χ1v) is 8.00. The van der Waals surface area contributed by atoms with Crippen LogP contribution in [0.15, 0.2) is 48.5 Å². The van der Waals surface area contributed by atoms with Gasteiger partial charge >= 0.3 is 0 Å². The third kappa shape index (κ3) is 4.12. The van der Waals surface area contributed by atoms with Crippen molar-refractivity contribution in [3.8, 4) is 0 Å². The average Bonchev–Trinajstić information content (AvgIpc) is 2.88. The Labute approximate surface area is 137 Å². The van der Waals surface area contributed by atoms with Crippen molar-refractivity contribution in [1.29, 1.82) is 0 Å². The lowest BCUT2D eigenvalue weighted by atomic mass is 10.3. The molecule has 1 heterocycles. The van der Waals surface area contributed by atoms with Gasteiger partial charge in [-0.3, -0.25) is 9.69 Å². The third-order valence-corrected chi connectivity index (χ3v) is 4.29. The van der Waals surface area contributed by atoms with Crippen molar-refractivity contribution in [3.05, 3.63) is 59.4 Å². The minimum absolute atomic E-state index is 0.181. The molecule has 0 atom stereocenters. The van der Waals surface area contributed by atoms with Crippen molar-refractivity contribution in [2.24, 2.45) is 0 Å². The second-order valence-electron chi connectivity index (χ2n) is 5.31. The number of para-hydroxylation sites is 1. The summed E-state index contributed by atoms with van der Waals surface area (Å²) in [4.78, 5) is 18.4. The summed E-state index contributed by atoms with van der Waals surface area (Å²) in [5, 5.41) is 3.65. The van der Waals surface area contributed by atoms with E-state index in [4.69, 9.17) is 0 Å². The molecule has 23 heavy (non-hydrogen) atoms. The second-order valence-corrected chi connectivity index (χ2v) is 6.42. The molecule has 0 aliphatic rings. The Morgan fingerprint density at radius 3 is 2.87 bits per heavy atom. The van der Waals surface area contributed by atoms with Crippen molar-refractivity contribution in [2.75, 3.05) is 18.9 Å². The van der Waals surface area contributed by atoms with Crippen LogP contribution in [0.25, 0.3) is 10.2 Å². The second kappa shape index (κ2) is 6.85. The van der Waals surface area contributed by atoms with Gasteiger partial charge in [-0.05, 0) is 37.4 Å². The highest BCUT2D eigenvalue weighted by Gasteiger charge is 2.10. The van der Waals surface area contributed by atoms with Crippen LogP contribution in [0.5, 0.6) is 0 Å². The molecule has 0 saturated carbocycles. The molecule has 0 bridgehead atoms. The maximum Gasteiger partial charge on any atom is 0.238 e. The molecule has 6 heteroatoms. The maximum atomic E-state index is 13.1. The standard InChI is InChI=1S/C17H16FN3OS/c1-21(10-16(22)19-13-6-4-5-12(18)9-13)11-17-20-14-7-2-3-8-15(14)23-17/h2-9H,10-11H2,1H3,(H,19,22). The summed E-state index contributed by atoms with van der Waals surface area (Å²) in [6.07, 6.45) is 0. The third-order valence-electron chi connectivity index (χ3n) is 3.27. The number of hydrogen-bond acceptors (Lipinski definition) is 4. The van der Waals surface area contributed by atoms with Gasteiger partial charge in [-0.15, -0.1) is 11.3 Å². The highest BCUT2D eigenvalue weighted by atomic mass is 32.1. The van der Waals surface area contributed by atoms with Gasteiger partial charge in [0, 0.05) is 5.69 Å². The number of anilines is 1. The first-order chi connectivity index (χ1) is 11.1. The van der Waals surface area contributed by atoms with Crippen LogP contribution < -0.4 is 5.32 Å². The monoisotopic (exact) mass is 329 g/mol. The first kappa shape index (κ1) is 15.6. The molecule has 0 saturated heterocycles. The van der Waals surface area contributed by atoms with Gasteiger partial charge in [0.1, 0.15) is 10.8 Å². The van der Waals surface area contributed by atoms with Crippen molar-refractivity contribution in [1.82, 2.24) is 9.88 Å². The lowest BCUT2D eigenvalue weighted by Crippen LogP contribution is -2.29. The van der Waals surface area contributed by atoms with E-state index in [2.05, 4.69) is 10.3 Å². The Morgan fingerprint density at radius 1 is 1.26 bits per heavy atom. The van der Waals surface area contributed by atoms with E-state index in [9.17, 15) is 9.18 Å². The van der Waals surface area contributed by atoms with Crippen LogP contribution in [-0.2, 0) is 11.3 Å².